The number of alkyl halides is 3. The van der Waals surface area contributed by atoms with Crippen LogP contribution in [0.25, 0.3) is 22.6 Å². The van der Waals surface area contributed by atoms with Crippen molar-refractivity contribution in [3.05, 3.63) is 84.0 Å². The van der Waals surface area contributed by atoms with Crippen LogP contribution in [0.15, 0.2) is 61.6 Å². The van der Waals surface area contributed by atoms with Gasteiger partial charge in [-0.1, -0.05) is 6.58 Å². The van der Waals surface area contributed by atoms with Crippen molar-refractivity contribution in [1.29, 1.82) is 0 Å². The maximum atomic E-state index is 14.3. The summed E-state index contributed by atoms with van der Waals surface area (Å²) in [6.45, 7) is 8.85. The molecule has 1 aliphatic rings. The molecule has 1 atom stereocenters. The van der Waals surface area contributed by atoms with Crippen LogP contribution in [0.2, 0.25) is 0 Å². The second-order valence-corrected chi connectivity index (χ2v) is 9.43. The number of piperazine rings is 1. The van der Waals surface area contributed by atoms with Gasteiger partial charge in [0.1, 0.15) is 11.3 Å². The van der Waals surface area contributed by atoms with E-state index < -0.39 is 17.8 Å². The molecule has 0 unspecified atom stereocenters. The van der Waals surface area contributed by atoms with Crippen molar-refractivity contribution >= 4 is 17.3 Å². The molecule has 0 saturated carbocycles. The molecule has 3 aromatic heterocycles. The fourth-order valence-corrected chi connectivity index (χ4v) is 4.97. The van der Waals surface area contributed by atoms with Crippen molar-refractivity contribution in [3.63, 3.8) is 0 Å². The third kappa shape index (κ3) is 4.80. The van der Waals surface area contributed by atoms with Gasteiger partial charge < -0.3 is 14.5 Å². The Hall–Kier alpha value is -4.41. The van der Waals surface area contributed by atoms with Crippen LogP contribution in [0.5, 0.6) is 5.75 Å². The lowest BCUT2D eigenvalue weighted by molar-refractivity contribution is -0.143. The van der Waals surface area contributed by atoms with Crippen LogP contribution < -0.4 is 4.74 Å². The van der Waals surface area contributed by atoms with E-state index in [4.69, 9.17) is 4.74 Å². The topological polar surface area (TPSA) is 75.9 Å². The number of methoxy groups -OCH3 is 1. The van der Waals surface area contributed by atoms with Crippen LogP contribution in [0.1, 0.15) is 34.1 Å². The maximum Gasteiger partial charge on any atom is 0.433 e. The molecule has 0 aliphatic carbocycles. The molecule has 4 heterocycles. The van der Waals surface area contributed by atoms with Gasteiger partial charge in [0.15, 0.2) is 11.3 Å². The van der Waals surface area contributed by atoms with E-state index in [0.29, 0.717) is 30.9 Å². The number of halogens is 3. The molecule has 202 valence electrons. The van der Waals surface area contributed by atoms with Crippen LogP contribution in [-0.4, -0.2) is 68.1 Å². The number of amides is 1. The smallest absolute Gasteiger partial charge is 0.433 e. The third-order valence-corrected chi connectivity index (χ3v) is 7.03. The van der Waals surface area contributed by atoms with E-state index in [1.165, 1.54) is 20.2 Å². The first kappa shape index (κ1) is 26.2. The normalized spacial score (nSPS) is 16.0. The van der Waals surface area contributed by atoms with Crippen molar-refractivity contribution in [2.75, 3.05) is 26.7 Å². The quantitative estimate of drug-likeness (QED) is 0.360. The molecule has 5 rings (SSSR count). The minimum absolute atomic E-state index is 0.0171. The van der Waals surface area contributed by atoms with Gasteiger partial charge in [0.25, 0.3) is 5.91 Å². The van der Waals surface area contributed by atoms with Gasteiger partial charge in [0.2, 0.25) is 0 Å². The van der Waals surface area contributed by atoms with Gasteiger partial charge in [0, 0.05) is 60.5 Å². The average Bonchev–Trinajstić information content (AvgIpc) is 3.34. The van der Waals surface area contributed by atoms with Gasteiger partial charge in [-0.05, 0) is 50.2 Å². The molecule has 1 aromatic carbocycles. The molecule has 39 heavy (non-hydrogen) atoms. The van der Waals surface area contributed by atoms with Crippen molar-refractivity contribution in [3.8, 4) is 17.0 Å². The minimum Gasteiger partial charge on any atom is -0.497 e. The molecule has 0 radical (unpaired) electrons. The summed E-state index contributed by atoms with van der Waals surface area (Å²) in [6.07, 6.45) is -0.157. The largest absolute Gasteiger partial charge is 0.497 e. The number of hydrogen-bond acceptors (Lipinski definition) is 6. The second-order valence-electron chi connectivity index (χ2n) is 9.43. The van der Waals surface area contributed by atoms with Crippen molar-refractivity contribution < 1.29 is 22.7 Å². The number of ether oxygens (including phenoxy) is 1. The summed E-state index contributed by atoms with van der Waals surface area (Å²) in [7, 11) is 1.51. The third-order valence-electron chi connectivity index (χ3n) is 7.03. The molecule has 0 spiro atoms. The Balaban J connectivity index is 1.50. The first-order valence-corrected chi connectivity index (χ1v) is 12.3. The lowest BCUT2D eigenvalue weighted by Gasteiger charge is -2.41. The van der Waals surface area contributed by atoms with Gasteiger partial charge in [-0.25, -0.2) is 9.50 Å². The monoisotopic (exact) mass is 536 g/mol. The summed E-state index contributed by atoms with van der Waals surface area (Å²) >= 11 is 0. The Kier molecular flexibility index (Phi) is 6.75. The molecule has 1 fully saturated rings. The summed E-state index contributed by atoms with van der Waals surface area (Å²) in [5.74, 6) is 0.144. The molecule has 0 N–H and O–H groups in total. The molecule has 4 aromatic rings. The number of aromatic nitrogens is 4. The highest BCUT2D eigenvalue weighted by Gasteiger charge is 2.39. The van der Waals surface area contributed by atoms with Gasteiger partial charge in [-0.15, -0.1) is 0 Å². The lowest BCUT2D eigenvalue weighted by Crippen LogP contribution is -2.53. The molecule has 1 aliphatic heterocycles. The predicted molar refractivity (Wildman–Crippen MR) is 140 cm³/mol. The zero-order chi connectivity index (χ0) is 27.9. The Labute approximate surface area is 223 Å². The number of carbonyl (C=O) groups excluding carboxylic acids is 1. The highest BCUT2D eigenvalue weighted by molar-refractivity contribution is 6.00. The second kappa shape index (κ2) is 10.0. The molecule has 0 bridgehead atoms. The molecule has 1 amide bonds. The van der Waals surface area contributed by atoms with Gasteiger partial charge in [-0.3, -0.25) is 9.78 Å². The fraction of sp³-hybridized carbons (Fsp3) is 0.286. The number of nitrogens with zero attached hydrogens (tertiary/aromatic N) is 6. The highest BCUT2D eigenvalue weighted by atomic mass is 19.4. The van der Waals surface area contributed by atoms with E-state index in [-0.39, 0.29) is 28.5 Å². The van der Waals surface area contributed by atoms with Gasteiger partial charge in [-0.2, -0.15) is 18.3 Å². The van der Waals surface area contributed by atoms with E-state index >= 15 is 0 Å². The number of fused-ring (bicyclic) bond motifs is 1. The van der Waals surface area contributed by atoms with Crippen LogP contribution in [-0.2, 0) is 6.18 Å². The predicted octanol–water partition coefficient (Wildman–Crippen LogP) is 4.94. The summed E-state index contributed by atoms with van der Waals surface area (Å²) in [6, 6.07) is 10.1. The first-order chi connectivity index (χ1) is 18.6. The van der Waals surface area contributed by atoms with Crippen molar-refractivity contribution in [2.45, 2.75) is 26.1 Å². The SMILES string of the molecule is C=C(c1ccncc1)N1CCN(C(=O)c2cnn3c(C(F)(F)F)c(C)c(-c4ccc(OC)cc4)nc23)[C@H](C)C1. The Morgan fingerprint density at radius 3 is 2.41 bits per heavy atom. The zero-order valence-corrected chi connectivity index (χ0v) is 21.7. The lowest BCUT2D eigenvalue weighted by atomic mass is 10.0. The Morgan fingerprint density at radius 1 is 1.10 bits per heavy atom. The Morgan fingerprint density at radius 2 is 1.79 bits per heavy atom. The first-order valence-electron chi connectivity index (χ1n) is 12.3. The molecule has 11 heteroatoms. The van der Waals surface area contributed by atoms with Crippen LogP contribution in [0.3, 0.4) is 0 Å². The van der Waals surface area contributed by atoms with Crippen LogP contribution in [0.4, 0.5) is 13.2 Å². The number of hydrogen-bond donors (Lipinski definition) is 0. The summed E-state index contributed by atoms with van der Waals surface area (Å²) < 4.78 is 48.7. The highest BCUT2D eigenvalue weighted by Crippen LogP contribution is 2.37. The van der Waals surface area contributed by atoms with E-state index in [0.717, 1.165) is 15.8 Å². The van der Waals surface area contributed by atoms with Crippen LogP contribution in [0, 0.1) is 6.92 Å². The number of benzene rings is 1. The fourth-order valence-electron chi connectivity index (χ4n) is 4.97. The average molecular weight is 537 g/mol. The summed E-state index contributed by atoms with van der Waals surface area (Å²) in [4.78, 5) is 26.0. The van der Waals surface area contributed by atoms with Crippen LogP contribution >= 0.6 is 0 Å². The summed E-state index contributed by atoms with van der Waals surface area (Å²) in [5.41, 5.74) is 1.18. The standard InChI is InChI=1S/C28H27F3N6O2/c1-17-16-35(19(3)20-9-11-32-12-10-20)13-14-36(17)27(38)23-15-33-37-25(28(29,30)31)18(2)24(34-26(23)37)21-5-7-22(39-4)8-6-21/h5-12,15,17H,3,13-14,16H2,1-2,4H3/t17-/m1/s1. The minimum atomic E-state index is -4.72. The molecule has 1 saturated heterocycles. The molecule has 8 nitrogen and oxygen atoms in total. The van der Waals surface area contributed by atoms with Crippen molar-refractivity contribution in [1.82, 2.24) is 29.4 Å². The van der Waals surface area contributed by atoms with E-state index in [2.05, 4.69) is 26.5 Å². The van der Waals surface area contributed by atoms with Gasteiger partial charge in [0.05, 0.1) is 19.0 Å². The summed E-state index contributed by atoms with van der Waals surface area (Å²) in [5, 5.41) is 3.97. The zero-order valence-electron chi connectivity index (χ0n) is 21.7. The van der Waals surface area contributed by atoms with Crippen molar-refractivity contribution in [2.24, 2.45) is 0 Å². The maximum absolute atomic E-state index is 14.3. The number of pyridine rings is 1. The molecular weight excluding hydrogens is 509 g/mol. The molecular formula is C28H27F3N6O2. The number of rotatable bonds is 5. The Bertz CT molecular complexity index is 1530. The van der Waals surface area contributed by atoms with E-state index in [1.807, 2.05) is 19.1 Å². The van der Waals surface area contributed by atoms with Gasteiger partial charge >= 0.3 is 6.18 Å². The van der Waals surface area contributed by atoms with E-state index in [1.54, 1.807) is 41.6 Å². The number of carbonyl (C=O) groups is 1. The van der Waals surface area contributed by atoms with E-state index in [9.17, 15) is 18.0 Å².